The lowest BCUT2D eigenvalue weighted by molar-refractivity contribution is 0.103. The number of nitrogens with zero attached hydrogens (tertiary/aromatic N) is 3. The molecule has 0 atom stereocenters. The van der Waals surface area contributed by atoms with Gasteiger partial charge in [0.2, 0.25) is 5.78 Å². The van der Waals surface area contributed by atoms with Gasteiger partial charge in [-0.05, 0) is 55.8 Å². The maximum Gasteiger partial charge on any atom is 0.209 e. The molecule has 33 heavy (non-hydrogen) atoms. The summed E-state index contributed by atoms with van der Waals surface area (Å²) < 4.78 is 31.6. The Balaban J connectivity index is 1.70. The number of aryl methyl sites for hydroxylation is 3. The van der Waals surface area contributed by atoms with Crippen LogP contribution >= 0.6 is 11.6 Å². The average molecular weight is 465 g/mol. The molecular weight excluding hydrogens is 446 g/mol. The fourth-order valence-corrected chi connectivity index (χ4v) is 4.64. The molecule has 166 valence electrons. The largest absolute Gasteiger partial charge is 0.394 e. The van der Waals surface area contributed by atoms with Crippen molar-refractivity contribution in [3.8, 4) is 11.1 Å². The maximum atomic E-state index is 13.9. The number of carbonyl (C=O) groups excluding carboxylic acids is 1. The topological polar surface area (TPSA) is 65.3 Å². The number of benzene rings is 2. The van der Waals surface area contributed by atoms with Crippen molar-refractivity contribution in [2.75, 3.05) is 5.73 Å². The minimum Gasteiger partial charge on any atom is -0.394 e. The van der Waals surface area contributed by atoms with Gasteiger partial charge in [-0.2, -0.15) is 0 Å². The van der Waals surface area contributed by atoms with E-state index in [-0.39, 0.29) is 11.3 Å². The van der Waals surface area contributed by atoms with Crippen molar-refractivity contribution in [2.24, 2.45) is 7.05 Å². The number of imidazole rings is 1. The lowest BCUT2D eigenvalue weighted by Gasteiger charge is -2.13. The van der Waals surface area contributed by atoms with E-state index < -0.39 is 23.1 Å². The van der Waals surface area contributed by atoms with Gasteiger partial charge in [0.05, 0.1) is 21.7 Å². The number of carbonyl (C=O) groups is 1. The number of anilines is 1. The van der Waals surface area contributed by atoms with Gasteiger partial charge in [0.25, 0.3) is 0 Å². The average Bonchev–Trinajstić information content (AvgIpc) is 3.34. The molecule has 5 rings (SSSR count). The molecule has 5 aromatic rings. The zero-order valence-electron chi connectivity index (χ0n) is 18.1. The summed E-state index contributed by atoms with van der Waals surface area (Å²) >= 11 is 6.83. The maximum absolute atomic E-state index is 13.9. The van der Waals surface area contributed by atoms with E-state index in [0.717, 1.165) is 45.7 Å². The van der Waals surface area contributed by atoms with Crippen LogP contribution in [0.3, 0.4) is 0 Å². The number of fused-ring (bicyclic) bond motifs is 2. The van der Waals surface area contributed by atoms with E-state index in [1.54, 1.807) is 28.8 Å². The van der Waals surface area contributed by atoms with Crippen LogP contribution in [0, 0.1) is 25.5 Å². The van der Waals surface area contributed by atoms with Crippen LogP contribution in [0.1, 0.15) is 27.4 Å². The molecule has 0 aliphatic carbocycles. The number of hydrogen-bond donors (Lipinski definition) is 1. The second kappa shape index (κ2) is 7.42. The second-order valence-corrected chi connectivity index (χ2v) is 8.42. The van der Waals surface area contributed by atoms with Crippen molar-refractivity contribution in [3.05, 3.63) is 88.0 Å². The van der Waals surface area contributed by atoms with Crippen LogP contribution in [-0.4, -0.2) is 19.7 Å². The summed E-state index contributed by atoms with van der Waals surface area (Å²) in [6.07, 6.45) is 1.72. The Morgan fingerprint density at radius 3 is 2.45 bits per heavy atom. The number of pyridine rings is 1. The van der Waals surface area contributed by atoms with Crippen LogP contribution in [-0.2, 0) is 7.05 Å². The van der Waals surface area contributed by atoms with Crippen molar-refractivity contribution in [3.63, 3.8) is 0 Å². The first kappa shape index (κ1) is 21.2. The Morgan fingerprint density at radius 2 is 1.76 bits per heavy atom. The van der Waals surface area contributed by atoms with Gasteiger partial charge in [-0.15, -0.1) is 0 Å². The molecule has 5 nitrogen and oxygen atoms in total. The summed E-state index contributed by atoms with van der Waals surface area (Å²) in [5.41, 5.74) is 9.83. The van der Waals surface area contributed by atoms with Gasteiger partial charge >= 0.3 is 0 Å². The molecule has 0 radical (unpaired) electrons. The van der Waals surface area contributed by atoms with Crippen LogP contribution < -0.4 is 5.73 Å². The highest BCUT2D eigenvalue weighted by atomic mass is 35.5. The Morgan fingerprint density at radius 1 is 1.06 bits per heavy atom. The first-order valence-electron chi connectivity index (χ1n) is 10.2. The van der Waals surface area contributed by atoms with Crippen LogP contribution in [0.15, 0.2) is 48.7 Å². The minimum atomic E-state index is -0.971. The normalized spacial score (nSPS) is 11.6. The molecule has 0 aliphatic rings. The van der Waals surface area contributed by atoms with Gasteiger partial charge < -0.3 is 14.7 Å². The third-order valence-corrected chi connectivity index (χ3v) is 6.44. The van der Waals surface area contributed by atoms with Gasteiger partial charge in [0.1, 0.15) is 28.7 Å². The predicted molar refractivity (Wildman–Crippen MR) is 126 cm³/mol. The molecule has 0 spiro atoms. The lowest BCUT2D eigenvalue weighted by Crippen LogP contribution is -2.08. The van der Waals surface area contributed by atoms with E-state index in [4.69, 9.17) is 17.3 Å². The summed E-state index contributed by atoms with van der Waals surface area (Å²) in [4.78, 5) is 17.7. The molecule has 2 aromatic carbocycles. The van der Waals surface area contributed by atoms with Gasteiger partial charge in [-0.1, -0.05) is 17.7 Å². The monoisotopic (exact) mass is 464 g/mol. The Kier molecular flexibility index (Phi) is 4.76. The molecule has 0 saturated heterocycles. The van der Waals surface area contributed by atoms with Crippen LogP contribution in [0.4, 0.5) is 14.5 Å². The van der Waals surface area contributed by atoms with E-state index in [2.05, 4.69) is 4.98 Å². The van der Waals surface area contributed by atoms with E-state index in [1.807, 2.05) is 37.6 Å². The molecule has 0 saturated carbocycles. The van der Waals surface area contributed by atoms with Crippen molar-refractivity contribution in [2.45, 2.75) is 13.8 Å². The Bertz CT molecular complexity index is 1590. The van der Waals surface area contributed by atoms with E-state index in [9.17, 15) is 13.6 Å². The standard InChI is InChI=1S/C25H19ClF2N4O/c1-12-9-20-24(30-13(2)31(20)3)22(26)21(12)15-5-4-8-32-18(15)6-7-19(32)25(33)14-10-16(27)23(29)17(28)11-14/h4-11H,29H2,1-3H3. The van der Waals surface area contributed by atoms with E-state index >= 15 is 0 Å². The Hall–Kier alpha value is -3.71. The molecule has 8 heteroatoms. The molecular formula is C25H19ClF2N4O. The molecule has 3 aromatic heterocycles. The number of ketones is 1. The van der Waals surface area contributed by atoms with Crippen LogP contribution in [0.5, 0.6) is 0 Å². The summed E-state index contributed by atoms with van der Waals surface area (Å²) in [5.74, 6) is -1.62. The molecule has 2 N–H and O–H groups in total. The Labute approximate surface area is 193 Å². The zero-order valence-corrected chi connectivity index (χ0v) is 18.8. The van der Waals surface area contributed by atoms with Crippen molar-refractivity contribution < 1.29 is 13.6 Å². The summed E-state index contributed by atoms with van der Waals surface area (Å²) in [5, 5.41) is 0.526. The van der Waals surface area contributed by atoms with Gasteiger partial charge in [-0.25, -0.2) is 13.8 Å². The molecule has 0 fully saturated rings. The van der Waals surface area contributed by atoms with Crippen LogP contribution in [0.25, 0.3) is 27.7 Å². The minimum absolute atomic E-state index is 0.121. The summed E-state index contributed by atoms with van der Waals surface area (Å²) in [7, 11) is 1.94. The quantitative estimate of drug-likeness (QED) is 0.269. The number of rotatable bonds is 3. The summed E-state index contributed by atoms with van der Waals surface area (Å²) in [6, 6.07) is 11.1. The molecule has 0 bridgehead atoms. The molecule has 3 heterocycles. The van der Waals surface area contributed by atoms with Gasteiger partial charge in [-0.3, -0.25) is 4.79 Å². The fraction of sp³-hybridized carbons (Fsp3) is 0.120. The fourth-order valence-electron chi connectivity index (χ4n) is 4.25. The second-order valence-electron chi connectivity index (χ2n) is 8.05. The molecule has 0 aliphatic heterocycles. The molecule has 0 amide bonds. The lowest BCUT2D eigenvalue weighted by atomic mass is 9.99. The predicted octanol–water partition coefficient (Wildman–Crippen LogP) is 5.85. The van der Waals surface area contributed by atoms with Crippen molar-refractivity contribution >= 4 is 39.6 Å². The third kappa shape index (κ3) is 3.11. The highest BCUT2D eigenvalue weighted by Gasteiger charge is 2.21. The number of hydrogen-bond acceptors (Lipinski definition) is 3. The number of aromatic nitrogens is 3. The molecule has 0 unspecified atom stereocenters. The highest BCUT2D eigenvalue weighted by molar-refractivity contribution is 6.38. The SMILES string of the molecule is Cc1cc2c(nc(C)n2C)c(Cl)c1-c1cccn2c(C(=O)c3cc(F)c(N)c(F)c3)ccc12. The third-order valence-electron chi connectivity index (χ3n) is 6.07. The van der Waals surface area contributed by atoms with Crippen molar-refractivity contribution in [1.29, 1.82) is 0 Å². The van der Waals surface area contributed by atoms with Gasteiger partial charge in [0, 0.05) is 29.9 Å². The number of halogens is 3. The van der Waals surface area contributed by atoms with Gasteiger partial charge in [0.15, 0.2) is 0 Å². The van der Waals surface area contributed by atoms with Crippen molar-refractivity contribution in [1.82, 2.24) is 14.0 Å². The number of nitrogens with two attached hydrogens (primary N) is 1. The number of nitrogen functional groups attached to an aromatic ring is 1. The zero-order chi connectivity index (χ0) is 23.6. The first-order valence-corrected chi connectivity index (χ1v) is 10.6. The van der Waals surface area contributed by atoms with E-state index in [1.165, 1.54) is 0 Å². The van der Waals surface area contributed by atoms with E-state index in [0.29, 0.717) is 10.5 Å². The first-order chi connectivity index (χ1) is 15.7. The smallest absolute Gasteiger partial charge is 0.209 e. The summed E-state index contributed by atoms with van der Waals surface area (Å²) in [6.45, 7) is 3.89. The van der Waals surface area contributed by atoms with Crippen LogP contribution in [0.2, 0.25) is 5.02 Å². The highest BCUT2D eigenvalue weighted by Crippen LogP contribution is 2.39.